The summed E-state index contributed by atoms with van der Waals surface area (Å²) in [6, 6.07) is 4.65. The molecule has 1 fully saturated rings. The average molecular weight is 266 g/mol. The number of rotatable bonds is 5. The van der Waals surface area contributed by atoms with Crippen molar-refractivity contribution < 1.29 is 14.4 Å². The molecule has 2 unspecified atom stereocenters. The van der Waals surface area contributed by atoms with Crippen LogP contribution in [0.5, 0.6) is 11.5 Å². The van der Waals surface area contributed by atoms with E-state index in [9.17, 15) is 10.1 Å². The Morgan fingerprint density at radius 3 is 2.84 bits per heavy atom. The van der Waals surface area contributed by atoms with Crippen LogP contribution in [0.3, 0.4) is 0 Å². The second-order valence-electron chi connectivity index (χ2n) is 4.62. The molecule has 1 saturated heterocycles. The maximum atomic E-state index is 10.8. The Labute approximate surface area is 111 Å². The minimum Gasteiger partial charge on any atom is -0.493 e. The molecule has 2 rings (SSSR count). The average Bonchev–Trinajstić information content (AvgIpc) is 2.92. The Kier molecular flexibility index (Phi) is 4.21. The molecule has 1 heterocycles. The minimum absolute atomic E-state index is 0.00220. The lowest BCUT2D eigenvalue weighted by molar-refractivity contribution is -0.385. The molecule has 1 aliphatic heterocycles. The summed E-state index contributed by atoms with van der Waals surface area (Å²) in [5.74, 6) is 0.924. The Balaban J connectivity index is 2.16. The lowest BCUT2D eigenvalue weighted by Crippen LogP contribution is -2.36. The van der Waals surface area contributed by atoms with Crippen LogP contribution in [0.1, 0.15) is 19.8 Å². The highest BCUT2D eigenvalue weighted by Gasteiger charge is 2.24. The number of benzene rings is 1. The molecule has 0 aromatic heterocycles. The first-order valence-corrected chi connectivity index (χ1v) is 6.34. The van der Waals surface area contributed by atoms with Crippen LogP contribution in [0.25, 0.3) is 0 Å². The van der Waals surface area contributed by atoms with Crippen molar-refractivity contribution in [3.63, 3.8) is 0 Å². The van der Waals surface area contributed by atoms with Gasteiger partial charge >= 0.3 is 0 Å². The number of hydrogen-bond donors (Lipinski definition) is 1. The fourth-order valence-corrected chi connectivity index (χ4v) is 2.27. The van der Waals surface area contributed by atoms with Gasteiger partial charge in [-0.15, -0.1) is 0 Å². The summed E-state index contributed by atoms with van der Waals surface area (Å²) in [5.41, 5.74) is 0.00220. The van der Waals surface area contributed by atoms with E-state index in [-0.39, 0.29) is 17.8 Å². The Hall–Kier alpha value is -1.82. The highest BCUT2D eigenvalue weighted by atomic mass is 16.6. The van der Waals surface area contributed by atoms with Crippen LogP contribution in [0.2, 0.25) is 0 Å². The van der Waals surface area contributed by atoms with E-state index in [4.69, 9.17) is 9.47 Å². The summed E-state index contributed by atoms with van der Waals surface area (Å²) >= 11 is 0. The molecular weight excluding hydrogens is 248 g/mol. The summed E-state index contributed by atoms with van der Waals surface area (Å²) in [6.07, 6.45) is 2.13. The number of methoxy groups -OCH3 is 1. The maximum Gasteiger partial charge on any atom is 0.273 e. The second-order valence-corrected chi connectivity index (χ2v) is 4.62. The van der Waals surface area contributed by atoms with Crippen LogP contribution in [0.15, 0.2) is 18.2 Å². The van der Waals surface area contributed by atoms with Gasteiger partial charge in [0.1, 0.15) is 6.10 Å². The van der Waals surface area contributed by atoms with Crippen LogP contribution in [-0.4, -0.2) is 30.7 Å². The number of nitro benzene ring substituents is 1. The molecule has 1 aromatic carbocycles. The van der Waals surface area contributed by atoms with E-state index >= 15 is 0 Å². The zero-order valence-electron chi connectivity index (χ0n) is 11.1. The van der Waals surface area contributed by atoms with Crippen molar-refractivity contribution in [1.29, 1.82) is 0 Å². The van der Waals surface area contributed by atoms with Crippen molar-refractivity contribution >= 4 is 5.69 Å². The molecule has 2 atom stereocenters. The summed E-state index contributed by atoms with van der Waals surface area (Å²) in [6.45, 7) is 2.95. The SMILES string of the molecule is COc1ccc([N+](=O)[O-])cc1OC(C)C1CCCN1. The Morgan fingerprint density at radius 2 is 2.26 bits per heavy atom. The third-order valence-corrected chi connectivity index (χ3v) is 3.34. The van der Waals surface area contributed by atoms with Gasteiger partial charge in [0.05, 0.1) is 18.1 Å². The van der Waals surface area contributed by atoms with Crippen molar-refractivity contribution in [3.8, 4) is 11.5 Å². The van der Waals surface area contributed by atoms with Crippen molar-refractivity contribution in [3.05, 3.63) is 28.3 Å². The fourth-order valence-electron chi connectivity index (χ4n) is 2.27. The molecule has 1 aliphatic rings. The Morgan fingerprint density at radius 1 is 1.47 bits per heavy atom. The number of hydrogen-bond acceptors (Lipinski definition) is 5. The van der Waals surface area contributed by atoms with Crippen molar-refractivity contribution in [1.82, 2.24) is 5.32 Å². The number of nitrogens with zero attached hydrogens (tertiary/aromatic N) is 1. The van der Waals surface area contributed by atoms with Gasteiger partial charge in [-0.05, 0) is 32.4 Å². The van der Waals surface area contributed by atoms with Gasteiger partial charge in [0, 0.05) is 12.1 Å². The largest absolute Gasteiger partial charge is 0.493 e. The van der Waals surface area contributed by atoms with Gasteiger partial charge in [0.25, 0.3) is 5.69 Å². The molecule has 0 spiro atoms. The maximum absolute atomic E-state index is 10.8. The van der Waals surface area contributed by atoms with Gasteiger partial charge in [0.2, 0.25) is 0 Å². The molecule has 19 heavy (non-hydrogen) atoms. The second kappa shape index (κ2) is 5.88. The van der Waals surface area contributed by atoms with Crippen molar-refractivity contribution in [2.24, 2.45) is 0 Å². The molecule has 0 aliphatic carbocycles. The van der Waals surface area contributed by atoms with Gasteiger partial charge < -0.3 is 14.8 Å². The van der Waals surface area contributed by atoms with Crippen molar-refractivity contribution in [2.45, 2.75) is 31.9 Å². The van der Waals surface area contributed by atoms with E-state index in [0.717, 1.165) is 19.4 Å². The van der Waals surface area contributed by atoms with Crippen LogP contribution in [0, 0.1) is 10.1 Å². The summed E-state index contributed by atoms with van der Waals surface area (Å²) < 4.78 is 11.0. The molecule has 6 heteroatoms. The van der Waals surface area contributed by atoms with E-state index in [1.807, 2.05) is 6.92 Å². The van der Waals surface area contributed by atoms with Crippen LogP contribution in [-0.2, 0) is 0 Å². The molecule has 6 nitrogen and oxygen atoms in total. The molecule has 0 radical (unpaired) electrons. The lowest BCUT2D eigenvalue weighted by atomic mass is 10.1. The molecule has 0 amide bonds. The van der Waals surface area contributed by atoms with Gasteiger partial charge in [-0.1, -0.05) is 0 Å². The number of non-ortho nitro benzene ring substituents is 1. The third-order valence-electron chi connectivity index (χ3n) is 3.34. The predicted molar refractivity (Wildman–Crippen MR) is 70.8 cm³/mol. The quantitative estimate of drug-likeness (QED) is 0.652. The van der Waals surface area contributed by atoms with E-state index in [1.165, 1.54) is 19.2 Å². The molecule has 104 valence electrons. The first kappa shape index (κ1) is 13.6. The van der Waals surface area contributed by atoms with E-state index in [2.05, 4.69) is 5.32 Å². The zero-order chi connectivity index (χ0) is 13.8. The van der Waals surface area contributed by atoms with Crippen LogP contribution >= 0.6 is 0 Å². The minimum atomic E-state index is -0.440. The number of nitrogens with one attached hydrogen (secondary N) is 1. The van der Waals surface area contributed by atoms with Gasteiger partial charge in [-0.2, -0.15) is 0 Å². The van der Waals surface area contributed by atoms with Gasteiger partial charge in [-0.25, -0.2) is 0 Å². The first-order valence-electron chi connectivity index (χ1n) is 6.34. The molecule has 0 bridgehead atoms. The zero-order valence-corrected chi connectivity index (χ0v) is 11.1. The highest BCUT2D eigenvalue weighted by molar-refractivity contribution is 5.48. The van der Waals surface area contributed by atoms with Crippen molar-refractivity contribution in [2.75, 3.05) is 13.7 Å². The standard InChI is InChI=1S/C13H18N2O4/c1-9(11-4-3-7-14-11)19-13-8-10(15(16)17)5-6-12(13)18-2/h5-6,8-9,11,14H,3-4,7H2,1-2H3. The normalized spacial score (nSPS) is 20.0. The summed E-state index contributed by atoms with van der Waals surface area (Å²) in [4.78, 5) is 10.4. The molecule has 1 aromatic rings. The highest BCUT2D eigenvalue weighted by Crippen LogP contribution is 2.32. The van der Waals surface area contributed by atoms with Gasteiger partial charge in [-0.3, -0.25) is 10.1 Å². The monoisotopic (exact) mass is 266 g/mol. The topological polar surface area (TPSA) is 73.6 Å². The van der Waals surface area contributed by atoms with Gasteiger partial charge in [0.15, 0.2) is 11.5 Å². The predicted octanol–water partition coefficient (Wildman–Crippen LogP) is 2.12. The molecule has 0 saturated carbocycles. The first-order chi connectivity index (χ1) is 9.11. The van der Waals surface area contributed by atoms with E-state index in [1.54, 1.807) is 6.07 Å². The number of ether oxygens (including phenoxy) is 2. The number of nitro groups is 1. The Bertz CT molecular complexity index is 458. The van der Waals surface area contributed by atoms with Crippen LogP contribution < -0.4 is 14.8 Å². The molecule has 1 N–H and O–H groups in total. The lowest BCUT2D eigenvalue weighted by Gasteiger charge is -2.22. The summed E-state index contributed by atoms with van der Waals surface area (Å²) in [7, 11) is 1.52. The van der Waals surface area contributed by atoms with Crippen LogP contribution in [0.4, 0.5) is 5.69 Å². The molecular formula is C13H18N2O4. The smallest absolute Gasteiger partial charge is 0.273 e. The van der Waals surface area contributed by atoms with E-state index in [0.29, 0.717) is 11.5 Å². The summed E-state index contributed by atoms with van der Waals surface area (Å²) in [5, 5.41) is 14.1. The fraction of sp³-hybridized carbons (Fsp3) is 0.538. The van der Waals surface area contributed by atoms with E-state index < -0.39 is 4.92 Å². The third kappa shape index (κ3) is 3.14.